The molecule has 4 nitrogen and oxygen atoms in total. The molecule has 146 valence electrons. The van der Waals surface area contributed by atoms with Crippen molar-refractivity contribution in [2.75, 3.05) is 20.6 Å². The highest BCUT2D eigenvalue weighted by Crippen LogP contribution is 2.22. The van der Waals surface area contributed by atoms with E-state index in [1.807, 2.05) is 6.07 Å². The topological polar surface area (TPSA) is 24.3 Å². The number of hydrogen-bond acceptors (Lipinski definition) is 3. The van der Waals surface area contributed by atoms with E-state index in [9.17, 15) is 8.78 Å². The fourth-order valence-corrected chi connectivity index (χ4v) is 3.74. The largest absolute Gasteiger partial charge is 0.305 e. The molecule has 0 N–H and O–H groups in total. The van der Waals surface area contributed by atoms with Gasteiger partial charge in [0.1, 0.15) is 11.5 Å². The monoisotopic (exact) mass is 382 g/mol. The Morgan fingerprint density at radius 2 is 1.89 bits per heavy atom. The molecule has 3 aromatic rings. The second-order valence-electron chi connectivity index (χ2n) is 7.65. The van der Waals surface area contributed by atoms with Crippen LogP contribution in [0.3, 0.4) is 0 Å². The Balaban J connectivity index is 1.44. The lowest BCUT2D eigenvalue weighted by Gasteiger charge is -2.28. The molecule has 0 aliphatic carbocycles. The molecule has 2 heterocycles. The first kappa shape index (κ1) is 18.8. The summed E-state index contributed by atoms with van der Waals surface area (Å²) in [5.74, 6) is -1.20. The van der Waals surface area contributed by atoms with Gasteiger partial charge in [0.25, 0.3) is 0 Å². The minimum absolute atomic E-state index is 0.255. The minimum Gasteiger partial charge on any atom is -0.305 e. The van der Waals surface area contributed by atoms with E-state index in [1.54, 1.807) is 6.20 Å². The Labute approximate surface area is 164 Å². The van der Waals surface area contributed by atoms with Crippen LogP contribution in [0, 0.1) is 11.6 Å². The van der Waals surface area contributed by atoms with Crippen molar-refractivity contribution >= 4 is 0 Å². The van der Waals surface area contributed by atoms with Crippen molar-refractivity contribution in [3.63, 3.8) is 0 Å². The van der Waals surface area contributed by atoms with Crippen molar-refractivity contribution in [3.05, 3.63) is 82.7 Å². The first-order chi connectivity index (χ1) is 13.5. The average molecular weight is 382 g/mol. The summed E-state index contributed by atoms with van der Waals surface area (Å²) >= 11 is 0. The molecule has 2 aromatic carbocycles. The summed E-state index contributed by atoms with van der Waals surface area (Å²) in [4.78, 5) is 4.53. The number of aromatic nitrogens is 2. The van der Waals surface area contributed by atoms with Crippen LogP contribution < -0.4 is 0 Å². The molecule has 1 aliphatic rings. The molecule has 0 bridgehead atoms. The lowest BCUT2D eigenvalue weighted by atomic mass is 9.97. The molecule has 0 fully saturated rings. The minimum atomic E-state index is -0.616. The third-order valence-electron chi connectivity index (χ3n) is 5.05. The van der Waals surface area contributed by atoms with Crippen LogP contribution >= 0.6 is 0 Å². The average Bonchev–Trinajstić information content (AvgIpc) is 3.09. The molecule has 0 saturated heterocycles. The molecule has 0 unspecified atom stereocenters. The normalized spacial score (nSPS) is 14.5. The van der Waals surface area contributed by atoms with Crippen molar-refractivity contribution in [1.82, 2.24) is 19.6 Å². The van der Waals surface area contributed by atoms with Crippen LogP contribution in [0.1, 0.15) is 22.4 Å². The Morgan fingerprint density at radius 3 is 2.68 bits per heavy atom. The van der Waals surface area contributed by atoms with E-state index in [0.29, 0.717) is 6.54 Å². The quantitative estimate of drug-likeness (QED) is 0.671. The van der Waals surface area contributed by atoms with Crippen LogP contribution in [0.4, 0.5) is 8.78 Å². The van der Waals surface area contributed by atoms with Gasteiger partial charge in [-0.3, -0.25) is 4.90 Å². The smallest absolute Gasteiger partial charge is 0.151 e. The van der Waals surface area contributed by atoms with Crippen molar-refractivity contribution in [2.45, 2.75) is 26.1 Å². The summed E-state index contributed by atoms with van der Waals surface area (Å²) in [6, 6.07) is 12.2. The van der Waals surface area contributed by atoms with Crippen molar-refractivity contribution in [2.24, 2.45) is 0 Å². The molecule has 0 spiro atoms. The van der Waals surface area contributed by atoms with Gasteiger partial charge in [0.05, 0.1) is 5.69 Å². The van der Waals surface area contributed by atoms with E-state index in [1.165, 1.54) is 33.5 Å². The summed E-state index contributed by atoms with van der Waals surface area (Å²) < 4.78 is 28.5. The molecular formula is C22H24F2N4. The van der Waals surface area contributed by atoms with Gasteiger partial charge in [-0.1, -0.05) is 18.2 Å². The van der Waals surface area contributed by atoms with E-state index in [2.05, 4.69) is 47.2 Å². The van der Waals surface area contributed by atoms with Crippen LogP contribution in [0.15, 0.2) is 48.7 Å². The molecule has 28 heavy (non-hydrogen) atoms. The van der Waals surface area contributed by atoms with Crippen LogP contribution in [0.5, 0.6) is 0 Å². The predicted molar refractivity (Wildman–Crippen MR) is 105 cm³/mol. The zero-order chi connectivity index (χ0) is 19.7. The van der Waals surface area contributed by atoms with Gasteiger partial charge < -0.3 is 4.90 Å². The summed E-state index contributed by atoms with van der Waals surface area (Å²) in [5, 5.41) is 4.47. The molecule has 0 amide bonds. The SMILES string of the molecule is CN(C)Cc1ccc2c(c1)CCN(Cc1ccn(-c3ccc(F)cc3F)n1)C2. The van der Waals surface area contributed by atoms with Gasteiger partial charge in [-0.2, -0.15) is 5.10 Å². The Kier molecular flexibility index (Phi) is 5.24. The molecule has 1 aromatic heterocycles. The lowest BCUT2D eigenvalue weighted by Crippen LogP contribution is -2.30. The summed E-state index contributed by atoms with van der Waals surface area (Å²) in [7, 11) is 4.16. The maximum atomic E-state index is 14.0. The molecule has 0 saturated carbocycles. The highest BCUT2D eigenvalue weighted by atomic mass is 19.1. The van der Waals surface area contributed by atoms with E-state index in [0.717, 1.165) is 37.8 Å². The maximum absolute atomic E-state index is 14.0. The van der Waals surface area contributed by atoms with Gasteiger partial charge in [-0.15, -0.1) is 0 Å². The van der Waals surface area contributed by atoms with Gasteiger partial charge >= 0.3 is 0 Å². The Bertz CT molecular complexity index is 980. The maximum Gasteiger partial charge on any atom is 0.151 e. The zero-order valence-electron chi connectivity index (χ0n) is 16.2. The number of benzene rings is 2. The number of halogens is 2. The second-order valence-corrected chi connectivity index (χ2v) is 7.65. The molecule has 0 radical (unpaired) electrons. The van der Waals surface area contributed by atoms with Gasteiger partial charge in [0, 0.05) is 38.4 Å². The highest BCUT2D eigenvalue weighted by molar-refractivity contribution is 5.35. The van der Waals surface area contributed by atoms with Crippen LogP contribution in [0.25, 0.3) is 5.69 Å². The number of fused-ring (bicyclic) bond motifs is 1. The van der Waals surface area contributed by atoms with Crippen molar-refractivity contribution < 1.29 is 8.78 Å². The van der Waals surface area contributed by atoms with Gasteiger partial charge in [0.2, 0.25) is 0 Å². The van der Waals surface area contributed by atoms with E-state index >= 15 is 0 Å². The van der Waals surface area contributed by atoms with Crippen molar-refractivity contribution in [3.8, 4) is 5.69 Å². The number of rotatable bonds is 5. The van der Waals surface area contributed by atoms with Crippen LogP contribution in [-0.2, 0) is 26.1 Å². The van der Waals surface area contributed by atoms with E-state index < -0.39 is 11.6 Å². The number of nitrogens with zero attached hydrogens (tertiary/aromatic N) is 4. The standard InChI is InChI=1S/C22H24F2N4/c1-26(2)13-16-3-4-18-14-27(9-7-17(18)11-16)15-20-8-10-28(25-20)22-6-5-19(23)12-21(22)24/h3-6,8,10-12H,7,9,13-15H2,1-2H3. The molecule has 4 rings (SSSR count). The van der Waals surface area contributed by atoms with E-state index in [4.69, 9.17) is 0 Å². The molecule has 6 heteroatoms. The zero-order valence-corrected chi connectivity index (χ0v) is 16.2. The number of hydrogen-bond donors (Lipinski definition) is 0. The summed E-state index contributed by atoms with van der Waals surface area (Å²) in [5.41, 5.74) is 5.26. The lowest BCUT2D eigenvalue weighted by molar-refractivity contribution is 0.242. The first-order valence-electron chi connectivity index (χ1n) is 9.46. The molecular weight excluding hydrogens is 358 g/mol. The Morgan fingerprint density at radius 1 is 1.04 bits per heavy atom. The summed E-state index contributed by atoms with van der Waals surface area (Å²) in [6.07, 6.45) is 2.74. The highest BCUT2D eigenvalue weighted by Gasteiger charge is 2.18. The van der Waals surface area contributed by atoms with Crippen molar-refractivity contribution in [1.29, 1.82) is 0 Å². The van der Waals surface area contributed by atoms with Crippen LogP contribution in [0.2, 0.25) is 0 Å². The molecule has 0 atom stereocenters. The Hall–Kier alpha value is -2.57. The van der Waals surface area contributed by atoms with Gasteiger partial charge in [-0.05, 0) is 55.4 Å². The third kappa shape index (κ3) is 4.13. The third-order valence-corrected chi connectivity index (χ3v) is 5.05. The van der Waals surface area contributed by atoms with Gasteiger partial charge in [-0.25, -0.2) is 13.5 Å². The second kappa shape index (κ2) is 7.81. The fourth-order valence-electron chi connectivity index (χ4n) is 3.74. The van der Waals surface area contributed by atoms with Crippen LogP contribution in [-0.4, -0.2) is 40.2 Å². The predicted octanol–water partition coefficient (Wildman–Crippen LogP) is 3.77. The summed E-state index contributed by atoms with van der Waals surface area (Å²) in [6.45, 7) is 3.51. The fraction of sp³-hybridized carbons (Fsp3) is 0.318. The van der Waals surface area contributed by atoms with Gasteiger partial charge in [0.15, 0.2) is 5.82 Å². The van der Waals surface area contributed by atoms with E-state index in [-0.39, 0.29) is 5.69 Å². The first-order valence-corrected chi connectivity index (χ1v) is 9.46. The molecule has 1 aliphatic heterocycles.